The summed E-state index contributed by atoms with van der Waals surface area (Å²) in [5, 5.41) is 0. The number of rotatable bonds is 2. The van der Waals surface area contributed by atoms with Crippen LogP contribution in [0.3, 0.4) is 0 Å². The summed E-state index contributed by atoms with van der Waals surface area (Å²) in [4.78, 5) is 50.5. The van der Waals surface area contributed by atoms with E-state index in [-0.39, 0.29) is 23.1 Å². The number of aromatic nitrogens is 4. The first-order valence-electron chi connectivity index (χ1n) is 11.7. The first-order chi connectivity index (χ1) is 15.9. The van der Waals surface area contributed by atoms with E-state index in [1.165, 1.54) is 0 Å². The molecule has 2 atom stereocenters. The van der Waals surface area contributed by atoms with Crippen molar-refractivity contribution in [2.24, 2.45) is 20.0 Å². The minimum absolute atomic E-state index is 0.0272. The van der Waals surface area contributed by atoms with E-state index in [1.54, 1.807) is 29.3 Å². The van der Waals surface area contributed by atoms with Gasteiger partial charge in [-0.15, -0.1) is 0 Å². The number of aryl methyl sites for hydroxylation is 2. The number of hydrogen-bond donors (Lipinski definition) is 1. The summed E-state index contributed by atoms with van der Waals surface area (Å²) in [6, 6.07) is 5.45. The van der Waals surface area contributed by atoms with Crippen LogP contribution in [0.4, 0.5) is 5.95 Å². The van der Waals surface area contributed by atoms with Crippen LogP contribution < -0.4 is 16.1 Å². The number of likely N-dealkylation sites (tertiary alicyclic amines) is 1. The number of amides is 1. The van der Waals surface area contributed by atoms with Crippen molar-refractivity contribution < 1.29 is 4.79 Å². The predicted molar refractivity (Wildman–Crippen MR) is 125 cm³/mol. The molecule has 2 aromatic heterocycles. The Labute approximate surface area is 190 Å². The highest BCUT2D eigenvalue weighted by molar-refractivity contribution is 5.97. The van der Waals surface area contributed by atoms with Gasteiger partial charge in [0.2, 0.25) is 5.95 Å². The molecular weight excluding hydrogens is 420 g/mol. The lowest BCUT2D eigenvalue weighted by Crippen LogP contribution is -2.31. The molecule has 2 fully saturated rings. The van der Waals surface area contributed by atoms with Crippen molar-refractivity contribution in [3.8, 4) is 0 Å². The van der Waals surface area contributed by atoms with Crippen LogP contribution >= 0.6 is 0 Å². The molecule has 0 saturated carbocycles. The Kier molecular flexibility index (Phi) is 4.50. The van der Waals surface area contributed by atoms with Gasteiger partial charge in [0.25, 0.3) is 11.5 Å². The Morgan fingerprint density at radius 1 is 1.06 bits per heavy atom. The second kappa shape index (κ2) is 7.33. The van der Waals surface area contributed by atoms with Gasteiger partial charge in [-0.3, -0.25) is 23.7 Å². The number of nitrogens with zero attached hydrogens (tertiary/aromatic N) is 5. The number of imidazole rings is 1. The number of aromatic amines is 1. The fourth-order valence-electron chi connectivity index (χ4n) is 5.92. The second-order valence-corrected chi connectivity index (χ2v) is 9.67. The number of hydrogen-bond acceptors (Lipinski definition) is 5. The van der Waals surface area contributed by atoms with Gasteiger partial charge in [0.05, 0.1) is 16.7 Å². The maximum absolute atomic E-state index is 13.4. The summed E-state index contributed by atoms with van der Waals surface area (Å²) >= 11 is 0. The molecule has 0 bridgehead atoms. The molecule has 1 aliphatic carbocycles. The van der Waals surface area contributed by atoms with Crippen molar-refractivity contribution in [2.75, 3.05) is 31.1 Å². The summed E-state index contributed by atoms with van der Waals surface area (Å²) in [6.45, 7) is 3.08. The van der Waals surface area contributed by atoms with Crippen molar-refractivity contribution in [3.63, 3.8) is 0 Å². The van der Waals surface area contributed by atoms with Crippen LogP contribution in [0.15, 0.2) is 27.8 Å². The van der Waals surface area contributed by atoms with Crippen LogP contribution in [-0.4, -0.2) is 56.1 Å². The molecule has 1 aromatic carbocycles. The second-order valence-electron chi connectivity index (χ2n) is 9.67. The largest absolute Gasteiger partial charge is 0.342 e. The highest BCUT2D eigenvalue weighted by atomic mass is 16.2. The van der Waals surface area contributed by atoms with Crippen molar-refractivity contribution in [1.29, 1.82) is 0 Å². The average molecular weight is 449 g/mol. The zero-order chi connectivity index (χ0) is 22.9. The van der Waals surface area contributed by atoms with Crippen LogP contribution in [0.5, 0.6) is 0 Å². The Morgan fingerprint density at radius 3 is 2.61 bits per heavy atom. The minimum Gasteiger partial charge on any atom is -0.342 e. The Balaban J connectivity index is 1.31. The van der Waals surface area contributed by atoms with E-state index in [0.29, 0.717) is 36.9 Å². The number of carbonyl (C=O) groups is 1. The van der Waals surface area contributed by atoms with Gasteiger partial charge >= 0.3 is 5.69 Å². The van der Waals surface area contributed by atoms with Gasteiger partial charge in [-0.2, -0.15) is 0 Å². The molecule has 9 heteroatoms. The molecule has 172 valence electrons. The van der Waals surface area contributed by atoms with Crippen molar-refractivity contribution in [2.45, 2.75) is 31.6 Å². The number of nitrogens with one attached hydrogen (secondary N) is 1. The molecule has 0 unspecified atom stereocenters. The number of anilines is 1. The molecule has 4 heterocycles. The van der Waals surface area contributed by atoms with E-state index in [1.807, 2.05) is 17.0 Å². The van der Waals surface area contributed by atoms with Gasteiger partial charge in [-0.05, 0) is 49.8 Å². The van der Waals surface area contributed by atoms with E-state index < -0.39 is 0 Å². The monoisotopic (exact) mass is 448 g/mol. The fourth-order valence-corrected chi connectivity index (χ4v) is 5.92. The third-order valence-corrected chi connectivity index (χ3v) is 7.80. The highest BCUT2D eigenvalue weighted by Crippen LogP contribution is 2.40. The predicted octanol–water partition coefficient (Wildman–Crippen LogP) is 1.36. The Morgan fingerprint density at radius 2 is 1.82 bits per heavy atom. The van der Waals surface area contributed by atoms with Gasteiger partial charge in [0.15, 0.2) is 0 Å². The highest BCUT2D eigenvalue weighted by Gasteiger charge is 2.41. The summed E-state index contributed by atoms with van der Waals surface area (Å²) in [7, 11) is 3.46. The molecule has 2 aliphatic heterocycles. The summed E-state index contributed by atoms with van der Waals surface area (Å²) < 4.78 is 3.16. The molecule has 0 spiro atoms. The van der Waals surface area contributed by atoms with Crippen LogP contribution in [0, 0.1) is 5.92 Å². The van der Waals surface area contributed by atoms with E-state index in [9.17, 15) is 14.4 Å². The average Bonchev–Trinajstić information content (AvgIpc) is 3.55. The molecular formula is C24H28N6O3. The van der Waals surface area contributed by atoms with E-state index >= 15 is 0 Å². The third kappa shape index (κ3) is 3.05. The molecule has 3 aromatic rings. The first kappa shape index (κ1) is 20.3. The van der Waals surface area contributed by atoms with Crippen LogP contribution in [0.25, 0.3) is 11.0 Å². The van der Waals surface area contributed by atoms with Gasteiger partial charge < -0.3 is 9.80 Å². The lowest BCUT2D eigenvalue weighted by molar-refractivity contribution is 0.0786. The molecule has 1 N–H and O–H groups in total. The van der Waals surface area contributed by atoms with Gasteiger partial charge in [-0.25, -0.2) is 9.78 Å². The molecule has 6 rings (SSSR count). The fraction of sp³-hybridized carbons (Fsp3) is 0.500. The summed E-state index contributed by atoms with van der Waals surface area (Å²) in [5.74, 6) is 1.05. The van der Waals surface area contributed by atoms with E-state index in [0.717, 1.165) is 54.6 Å². The minimum atomic E-state index is -0.108. The number of benzene rings is 1. The van der Waals surface area contributed by atoms with Gasteiger partial charge in [0, 0.05) is 57.3 Å². The van der Waals surface area contributed by atoms with Crippen molar-refractivity contribution in [3.05, 3.63) is 55.9 Å². The van der Waals surface area contributed by atoms with Crippen LogP contribution in [0.1, 0.15) is 46.8 Å². The molecule has 3 aliphatic rings. The first-order valence-corrected chi connectivity index (χ1v) is 11.7. The smallest absolute Gasteiger partial charge is 0.328 e. The quantitative estimate of drug-likeness (QED) is 0.639. The maximum atomic E-state index is 13.4. The van der Waals surface area contributed by atoms with E-state index in [4.69, 9.17) is 4.98 Å². The number of carbonyl (C=O) groups excluding carboxylic acids is 1. The topological polar surface area (TPSA) is 96.2 Å². The summed E-state index contributed by atoms with van der Waals surface area (Å²) in [5.41, 5.74) is 3.67. The van der Waals surface area contributed by atoms with Crippen molar-refractivity contribution >= 4 is 22.9 Å². The molecule has 2 saturated heterocycles. The lowest BCUT2D eigenvalue weighted by Gasteiger charge is -2.27. The third-order valence-electron chi connectivity index (χ3n) is 7.80. The Bertz CT molecular complexity index is 1390. The van der Waals surface area contributed by atoms with Crippen molar-refractivity contribution in [1.82, 2.24) is 24.0 Å². The summed E-state index contributed by atoms with van der Waals surface area (Å²) in [6.07, 6.45) is 3.83. The molecule has 9 nitrogen and oxygen atoms in total. The standard InChI is InChI=1S/C24H28N6O3/c1-27-18-8-6-14(11-19(18)28(2)24(27)33)22(32)30-12-15-5-7-16-20(17(15)13-30)25-23(26-21(16)31)29-9-3-4-10-29/h6,8,11,15,17H,3-5,7,9-10,12-13H2,1-2H3,(H,25,26,31)/t15-,17+/m1/s1. The number of H-pyrrole nitrogens is 1. The maximum Gasteiger partial charge on any atom is 0.328 e. The SMILES string of the molecule is Cn1c(=O)n(C)c2cc(C(=O)N3C[C@H]4CCc5c(nc(N6CCCC6)[nH]c5=O)[C@H]4C3)ccc21. The van der Waals surface area contributed by atoms with Crippen LogP contribution in [0.2, 0.25) is 0 Å². The lowest BCUT2D eigenvalue weighted by atomic mass is 9.80. The van der Waals surface area contributed by atoms with Crippen LogP contribution in [-0.2, 0) is 20.5 Å². The zero-order valence-corrected chi connectivity index (χ0v) is 19.0. The normalized spacial score (nSPS) is 22.1. The van der Waals surface area contributed by atoms with Gasteiger partial charge in [0.1, 0.15) is 0 Å². The molecule has 0 radical (unpaired) electrons. The number of fused-ring (bicyclic) bond motifs is 4. The molecule has 33 heavy (non-hydrogen) atoms. The van der Waals surface area contributed by atoms with E-state index in [2.05, 4.69) is 9.88 Å². The Hall–Kier alpha value is -3.36. The van der Waals surface area contributed by atoms with Gasteiger partial charge in [-0.1, -0.05) is 0 Å². The zero-order valence-electron chi connectivity index (χ0n) is 19.0. The molecule has 1 amide bonds.